The third-order valence-corrected chi connectivity index (χ3v) is 6.46. The largest absolute Gasteiger partial charge is 0.467 e. The minimum absolute atomic E-state index is 0.0319. The molecule has 166 valence electrons. The van der Waals surface area contributed by atoms with Crippen LogP contribution in [-0.4, -0.2) is 26.7 Å². The summed E-state index contributed by atoms with van der Waals surface area (Å²) in [5, 5.41) is 2.07. The van der Waals surface area contributed by atoms with E-state index in [1.54, 1.807) is 29.7 Å². The van der Waals surface area contributed by atoms with E-state index in [2.05, 4.69) is 10.4 Å². The minimum atomic E-state index is -0.268. The average molecular weight is 460 g/mol. The summed E-state index contributed by atoms with van der Waals surface area (Å²) < 4.78 is 20.8. The van der Waals surface area contributed by atoms with Gasteiger partial charge in [0.25, 0.3) is 5.91 Å². The first kappa shape index (κ1) is 21.2. The summed E-state index contributed by atoms with van der Waals surface area (Å²) in [6.07, 6.45) is 4.25. The molecule has 0 bridgehead atoms. The van der Waals surface area contributed by atoms with Gasteiger partial charge in [-0.3, -0.25) is 9.20 Å². The molecular formula is C26H22FN3O2S. The Balaban J connectivity index is 1.37. The lowest BCUT2D eigenvalue weighted by Gasteiger charge is -2.22. The van der Waals surface area contributed by atoms with Gasteiger partial charge in [0.1, 0.15) is 11.6 Å². The van der Waals surface area contributed by atoms with Crippen LogP contribution in [-0.2, 0) is 13.0 Å². The molecule has 0 radical (unpaired) electrons. The van der Waals surface area contributed by atoms with Crippen molar-refractivity contribution < 1.29 is 13.6 Å². The topological polar surface area (TPSA) is 50.8 Å². The number of thiazole rings is 1. The Morgan fingerprint density at radius 2 is 1.91 bits per heavy atom. The lowest BCUT2D eigenvalue weighted by atomic mass is 10.1. The number of imidazole rings is 1. The lowest BCUT2D eigenvalue weighted by molar-refractivity contribution is 0.0733. The van der Waals surface area contributed by atoms with E-state index < -0.39 is 0 Å². The minimum Gasteiger partial charge on any atom is -0.467 e. The van der Waals surface area contributed by atoms with E-state index in [-0.39, 0.29) is 11.7 Å². The Kier molecular flexibility index (Phi) is 5.79. The molecule has 7 heteroatoms. The fraction of sp³-hybridized carbons (Fsp3) is 0.154. The molecule has 5 nitrogen and oxygen atoms in total. The second-order valence-corrected chi connectivity index (χ2v) is 8.77. The second-order valence-electron chi connectivity index (χ2n) is 7.93. The number of aryl methyl sites for hydroxylation is 1. The number of amides is 1. The first-order valence-electron chi connectivity index (χ1n) is 10.7. The first-order chi connectivity index (χ1) is 16.1. The molecule has 2 aromatic carbocycles. The predicted octanol–water partition coefficient (Wildman–Crippen LogP) is 5.99. The average Bonchev–Trinajstić information content (AvgIpc) is 3.56. The standard InChI is InChI=1S/C26H22FN3O2S/c1-18-4-6-20(7-5-18)25(31)29(15-23-3-2-14-32-23)13-12-22-17-33-26-28-24(16-30(22)26)19-8-10-21(27)11-9-19/h2-11,14,16-17H,12-13,15H2,1H3. The van der Waals surface area contributed by atoms with Gasteiger partial charge in [-0.2, -0.15) is 0 Å². The highest BCUT2D eigenvalue weighted by Gasteiger charge is 2.19. The van der Waals surface area contributed by atoms with Gasteiger partial charge in [-0.1, -0.05) is 17.7 Å². The van der Waals surface area contributed by atoms with Crippen LogP contribution in [0.4, 0.5) is 4.39 Å². The molecule has 0 atom stereocenters. The Hall–Kier alpha value is -3.71. The van der Waals surface area contributed by atoms with E-state index in [0.717, 1.165) is 33.2 Å². The number of carbonyl (C=O) groups is 1. The van der Waals surface area contributed by atoms with Crippen LogP contribution < -0.4 is 0 Å². The molecule has 0 aliphatic heterocycles. The fourth-order valence-corrected chi connectivity index (χ4v) is 4.65. The summed E-state index contributed by atoms with van der Waals surface area (Å²) in [5.41, 5.74) is 4.50. The molecule has 0 fully saturated rings. The number of fused-ring (bicyclic) bond motifs is 1. The second kappa shape index (κ2) is 9.03. The monoisotopic (exact) mass is 459 g/mol. The predicted molar refractivity (Wildman–Crippen MR) is 127 cm³/mol. The lowest BCUT2D eigenvalue weighted by Crippen LogP contribution is -2.32. The van der Waals surface area contributed by atoms with Crippen molar-refractivity contribution in [1.29, 1.82) is 0 Å². The molecule has 5 rings (SSSR count). The Morgan fingerprint density at radius 1 is 1.12 bits per heavy atom. The number of halogens is 1. The number of furan rings is 1. The summed E-state index contributed by atoms with van der Waals surface area (Å²) in [4.78, 5) is 20.6. The number of carbonyl (C=O) groups excluding carboxylic acids is 1. The third kappa shape index (κ3) is 4.59. The zero-order chi connectivity index (χ0) is 22.8. The van der Waals surface area contributed by atoms with Crippen LogP contribution in [0.2, 0.25) is 0 Å². The summed E-state index contributed by atoms with van der Waals surface area (Å²) in [5.74, 6) is 0.443. The van der Waals surface area contributed by atoms with E-state index in [0.29, 0.717) is 25.1 Å². The third-order valence-electron chi connectivity index (χ3n) is 5.57. The maximum atomic E-state index is 13.3. The Bertz CT molecular complexity index is 1370. The Labute approximate surface area is 194 Å². The quantitative estimate of drug-likeness (QED) is 0.300. The number of nitrogens with zero attached hydrogens (tertiary/aromatic N) is 3. The molecule has 1 amide bonds. The van der Waals surface area contributed by atoms with Gasteiger partial charge in [0.05, 0.1) is 18.5 Å². The van der Waals surface area contributed by atoms with Crippen LogP contribution in [0.1, 0.15) is 27.4 Å². The number of hydrogen-bond donors (Lipinski definition) is 0. The summed E-state index contributed by atoms with van der Waals surface area (Å²) in [7, 11) is 0. The fourth-order valence-electron chi connectivity index (χ4n) is 3.74. The van der Waals surface area contributed by atoms with Crippen molar-refractivity contribution in [3.8, 4) is 11.3 Å². The highest BCUT2D eigenvalue weighted by Crippen LogP contribution is 2.24. The summed E-state index contributed by atoms with van der Waals surface area (Å²) in [6.45, 7) is 2.93. The molecular weight excluding hydrogens is 437 g/mol. The van der Waals surface area contributed by atoms with Crippen LogP contribution >= 0.6 is 11.3 Å². The van der Waals surface area contributed by atoms with Gasteiger partial charge in [0, 0.05) is 41.4 Å². The maximum absolute atomic E-state index is 13.3. The van der Waals surface area contributed by atoms with Crippen LogP contribution in [0.3, 0.4) is 0 Å². The van der Waals surface area contributed by atoms with Gasteiger partial charge < -0.3 is 9.32 Å². The van der Waals surface area contributed by atoms with E-state index in [9.17, 15) is 9.18 Å². The molecule has 3 aromatic heterocycles. The number of hydrogen-bond acceptors (Lipinski definition) is 4. The van der Waals surface area contributed by atoms with Gasteiger partial charge in [-0.05, 0) is 55.5 Å². The number of rotatable bonds is 7. The highest BCUT2D eigenvalue weighted by molar-refractivity contribution is 7.15. The zero-order valence-corrected chi connectivity index (χ0v) is 18.9. The highest BCUT2D eigenvalue weighted by atomic mass is 32.1. The molecule has 0 N–H and O–H groups in total. The maximum Gasteiger partial charge on any atom is 0.254 e. The molecule has 0 saturated heterocycles. The number of aromatic nitrogens is 2. The normalized spacial score (nSPS) is 11.2. The van der Waals surface area contributed by atoms with Crippen LogP contribution in [0.5, 0.6) is 0 Å². The van der Waals surface area contributed by atoms with E-state index >= 15 is 0 Å². The molecule has 3 heterocycles. The molecule has 0 aliphatic carbocycles. The van der Waals surface area contributed by atoms with Crippen LogP contribution in [0.15, 0.2) is 82.9 Å². The SMILES string of the molecule is Cc1ccc(C(=O)N(CCc2csc3nc(-c4ccc(F)cc4)cn23)Cc2ccco2)cc1. The molecule has 0 unspecified atom stereocenters. The van der Waals surface area contributed by atoms with Crippen molar-refractivity contribution in [1.82, 2.24) is 14.3 Å². The van der Waals surface area contributed by atoms with Crippen LogP contribution in [0, 0.1) is 12.7 Å². The Morgan fingerprint density at radius 3 is 2.64 bits per heavy atom. The molecule has 0 aliphatic rings. The molecule has 0 saturated carbocycles. The molecule has 5 aromatic rings. The summed E-state index contributed by atoms with van der Waals surface area (Å²) >= 11 is 1.55. The van der Waals surface area contributed by atoms with Gasteiger partial charge in [0.2, 0.25) is 0 Å². The van der Waals surface area contributed by atoms with Crippen molar-refractivity contribution in [2.24, 2.45) is 0 Å². The number of benzene rings is 2. The molecule has 33 heavy (non-hydrogen) atoms. The van der Waals surface area contributed by atoms with Crippen molar-refractivity contribution in [3.05, 3.63) is 107 Å². The van der Waals surface area contributed by atoms with E-state index in [4.69, 9.17) is 4.42 Å². The van der Waals surface area contributed by atoms with Gasteiger partial charge in [0.15, 0.2) is 4.96 Å². The van der Waals surface area contributed by atoms with E-state index in [1.165, 1.54) is 12.1 Å². The van der Waals surface area contributed by atoms with Crippen molar-refractivity contribution in [2.45, 2.75) is 19.9 Å². The summed E-state index contributed by atoms with van der Waals surface area (Å²) in [6, 6.07) is 17.7. The first-order valence-corrected chi connectivity index (χ1v) is 11.5. The molecule has 0 spiro atoms. The van der Waals surface area contributed by atoms with Gasteiger partial charge in [-0.15, -0.1) is 11.3 Å². The van der Waals surface area contributed by atoms with Gasteiger partial charge in [-0.25, -0.2) is 9.37 Å². The zero-order valence-electron chi connectivity index (χ0n) is 18.1. The van der Waals surface area contributed by atoms with Crippen molar-refractivity contribution >= 4 is 22.2 Å². The van der Waals surface area contributed by atoms with Crippen molar-refractivity contribution in [3.63, 3.8) is 0 Å². The van der Waals surface area contributed by atoms with Crippen LogP contribution in [0.25, 0.3) is 16.2 Å². The smallest absolute Gasteiger partial charge is 0.254 e. The van der Waals surface area contributed by atoms with E-state index in [1.807, 2.05) is 58.8 Å². The van der Waals surface area contributed by atoms with Gasteiger partial charge >= 0.3 is 0 Å². The van der Waals surface area contributed by atoms with Crippen molar-refractivity contribution in [2.75, 3.05) is 6.54 Å².